The van der Waals surface area contributed by atoms with E-state index >= 15 is 0 Å². The molecule has 2 aromatic rings. The molecule has 0 saturated carbocycles. The number of rotatable bonds is 9. The van der Waals surface area contributed by atoms with Gasteiger partial charge in [-0.15, -0.1) is 0 Å². The van der Waals surface area contributed by atoms with Crippen molar-refractivity contribution in [2.45, 2.75) is 84.9 Å². The van der Waals surface area contributed by atoms with Crippen molar-refractivity contribution in [3.05, 3.63) is 59.2 Å². The van der Waals surface area contributed by atoms with Crippen molar-refractivity contribution >= 4 is 5.78 Å². The molecule has 0 bridgehead atoms. The van der Waals surface area contributed by atoms with Gasteiger partial charge in [0.05, 0.1) is 5.56 Å². The number of benzene rings is 2. The molecule has 2 atom stereocenters. The lowest BCUT2D eigenvalue weighted by Gasteiger charge is -2.37. The predicted molar refractivity (Wildman–Crippen MR) is 137 cm³/mol. The fourth-order valence-electron chi connectivity index (χ4n) is 5.16. The van der Waals surface area contributed by atoms with E-state index in [1.807, 2.05) is 6.07 Å². The lowest BCUT2D eigenvalue weighted by Crippen LogP contribution is -2.34. The van der Waals surface area contributed by atoms with Crippen LogP contribution >= 0.6 is 0 Å². The van der Waals surface area contributed by atoms with Crippen LogP contribution in [0, 0.1) is 11.8 Å². The molecule has 1 saturated heterocycles. The second kappa shape index (κ2) is 11.7. The number of nitrogens with zero attached hydrogens (tertiary/aromatic N) is 1. The summed E-state index contributed by atoms with van der Waals surface area (Å²) in [6.45, 7) is 12.4. The van der Waals surface area contributed by atoms with Gasteiger partial charge in [-0.25, -0.2) is 0 Å². The van der Waals surface area contributed by atoms with Crippen LogP contribution in [-0.2, 0) is 11.0 Å². The van der Waals surface area contributed by atoms with Crippen LogP contribution in [0.2, 0.25) is 0 Å². The van der Waals surface area contributed by atoms with Crippen molar-refractivity contribution in [3.8, 4) is 11.1 Å². The van der Waals surface area contributed by atoms with Gasteiger partial charge in [0.15, 0.2) is 0 Å². The van der Waals surface area contributed by atoms with Crippen LogP contribution in [0.4, 0.5) is 13.2 Å². The van der Waals surface area contributed by atoms with Gasteiger partial charge in [0, 0.05) is 12.0 Å². The lowest BCUT2D eigenvalue weighted by molar-refractivity contribution is -0.137. The van der Waals surface area contributed by atoms with Crippen LogP contribution in [0.25, 0.3) is 11.1 Å². The van der Waals surface area contributed by atoms with Crippen molar-refractivity contribution in [2.24, 2.45) is 11.8 Å². The standard InChI is InChI=1S/C30H40F3NO/c1-20(2)13-15-34-14-7-6-8-29(34)26-18-24(23-9-11-27(12-10-23)30(31,32)33)17-25(19-26)28(22(5)35)16-21(3)4/h9-12,17-21,28-29H,6-8,13-16H2,1-5H3. The van der Waals surface area contributed by atoms with Gasteiger partial charge in [0.2, 0.25) is 0 Å². The van der Waals surface area contributed by atoms with Crippen molar-refractivity contribution in [1.29, 1.82) is 0 Å². The maximum atomic E-state index is 13.1. The fourth-order valence-corrected chi connectivity index (χ4v) is 5.16. The molecule has 3 rings (SSSR count). The highest BCUT2D eigenvalue weighted by Crippen LogP contribution is 2.38. The first-order valence-electron chi connectivity index (χ1n) is 13.0. The quantitative estimate of drug-likeness (QED) is 0.353. The molecule has 2 nitrogen and oxygen atoms in total. The van der Waals surface area contributed by atoms with Crippen molar-refractivity contribution in [3.63, 3.8) is 0 Å². The number of hydrogen-bond donors (Lipinski definition) is 0. The van der Waals surface area contributed by atoms with Gasteiger partial charge < -0.3 is 0 Å². The molecule has 0 aromatic heterocycles. The first-order valence-corrected chi connectivity index (χ1v) is 13.0. The van der Waals surface area contributed by atoms with Gasteiger partial charge in [-0.2, -0.15) is 13.2 Å². The van der Waals surface area contributed by atoms with E-state index in [-0.39, 0.29) is 17.7 Å². The number of likely N-dealkylation sites (tertiary alicyclic amines) is 1. The molecule has 192 valence electrons. The minimum absolute atomic E-state index is 0.134. The van der Waals surface area contributed by atoms with Crippen molar-refractivity contribution in [1.82, 2.24) is 4.90 Å². The highest BCUT2D eigenvalue weighted by Gasteiger charge is 2.30. The zero-order valence-corrected chi connectivity index (χ0v) is 21.8. The maximum Gasteiger partial charge on any atom is 0.416 e. The molecule has 5 heteroatoms. The van der Waals surface area contributed by atoms with E-state index in [9.17, 15) is 18.0 Å². The van der Waals surface area contributed by atoms with Crippen LogP contribution in [0.15, 0.2) is 42.5 Å². The molecular formula is C30H40F3NO. The van der Waals surface area contributed by atoms with Gasteiger partial charge in [-0.1, -0.05) is 58.4 Å². The van der Waals surface area contributed by atoms with Crippen molar-refractivity contribution < 1.29 is 18.0 Å². The Morgan fingerprint density at radius 3 is 2.23 bits per heavy atom. The van der Waals surface area contributed by atoms with Gasteiger partial charge in [-0.3, -0.25) is 9.69 Å². The third-order valence-corrected chi connectivity index (χ3v) is 7.12. The number of halogens is 3. The molecule has 0 amide bonds. The number of carbonyl (C=O) groups is 1. The highest BCUT2D eigenvalue weighted by molar-refractivity contribution is 5.84. The van der Waals surface area contributed by atoms with Crippen LogP contribution < -0.4 is 0 Å². The second-order valence-corrected chi connectivity index (χ2v) is 11.0. The van der Waals surface area contributed by atoms with E-state index < -0.39 is 11.7 Å². The molecule has 1 aliphatic heterocycles. The SMILES string of the molecule is CC(=O)C(CC(C)C)c1cc(-c2ccc(C(F)(F)F)cc2)cc(C2CCCCN2CCC(C)C)c1. The first kappa shape index (κ1) is 27.4. The Morgan fingerprint density at radius 2 is 1.66 bits per heavy atom. The van der Waals surface area contributed by atoms with E-state index in [4.69, 9.17) is 0 Å². The lowest BCUT2D eigenvalue weighted by atomic mass is 9.83. The molecule has 1 aliphatic rings. The summed E-state index contributed by atoms with van der Waals surface area (Å²) in [5, 5.41) is 0. The third kappa shape index (κ3) is 7.42. The van der Waals surface area contributed by atoms with Gasteiger partial charge in [-0.05, 0) is 98.0 Å². The Balaban J connectivity index is 2.07. The average Bonchev–Trinajstić information content (AvgIpc) is 2.80. The van der Waals surface area contributed by atoms with E-state index in [1.54, 1.807) is 19.1 Å². The Kier molecular flexibility index (Phi) is 9.20. The van der Waals surface area contributed by atoms with Crippen LogP contribution in [0.5, 0.6) is 0 Å². The monoisotopic (exact) mass is 487 g/mol. The normalized spacial score (nSPS) is 18.3. The Labute approximate surface area is 208 Å². The van der Waals surface area contributed by atoms with E-state index in [0.29, 0.717) is 11.8 Å². The molecule has 0 spiro atoms. The van der Waals surface area contributed by atoms with E-state index in [0.717, 1.165) is 67.6 Å². The molecule has 2 unspecified atom stereocenters. The summed E-state index contributed by atoms with van der Waals surface area (Å²) in [6.07, 6.45) is 0.928. The number of ketones is 1. The third-order valence-electron chi connectivity index (χ3n) is 7.12. The van der Waals surface area contributed by atoms with E-state index in [1.165, 1.54) is 12.0 Å². The van der Waals surface area contributed by atoms with Crippen LogP contribution in [-0.4, -0.2) is 23.8 Å². The summed E-state index contributed by atoms with van der Waals surface area (Å²) in [4.78, 5) is 15.2. The average molecular weight is 488 g/mol. The van der Waals surface area contributed by atoms with Gasteiger partial charge >= 0.3 is 6.18 Å². The molecule has 35 heavy (non-hydrogen) atoms. The Morgan fingerprint density at radius 1 is 0.971 bits per heavy atom. The predicted octanol–water partition coefficient (Wildman–Crippen LogP) is 8.66. The summed E-state index contributed by atoms with van der Waals surface area (Å²) in [5.41, 5.74) is 3.14. The number of hydrogen-bond acceptors (Lipinski definition) is 2. The molecular weight excluding hydrogens is 447 g/mol. The number of carbonyl (C=O) groups excluding carboxylic acids is 1. The smallest absolute Gasteiger partial charge is 0.299 e. The van der Waals surface area contributed by atoms with E-state index in [2.05, 4.69) is 44.7 Å². The second-order valence-electron chi connectivity index (χ2n) is 11.0. The molecule has 2 aromatic carbocycles. The Hall–Kier alpha value is -2.14. The summed E-state index contributed by atoms with van der Waals surface area (Å²) < 4.78 is 39.4. The number of alkyl halides is 3. The topological polar surface area (TPSA) is 20.3 Å². The zero-order chi connectivity index (χ0) is 25.8. The zero-order valence-electron chi connectivity index (χ0n) is 21.8. The number of piperidine rings is 1. The molecule has 0 N–H and O–H groups in total. The van der Waals surface area contributed by atoms with Crippen LogP contribution in [0.1, 0.15) is 95.4 Å². The van der Waals surface area contributed by atoms with Gasteiger partial charge in [0.1, 0.15) is 5.78 Å². The number of Topliss-reactive ketones (excluding diaryl/α,β-unsaturated/α-hetero) is 1. The van der Waals surface area contributed by atoms with Crippen molar-refractivity contribution in [2.75, 3.05) is 13.1 Å². The summed E-state index contributed by atoms with van der Waals surface area (Å²) >= 11 is 0. The van der Waals surface area contributed by atoms with Crippen LogP contribution in [0.3, 0.4) is 0 Å². The minimum Gasteiger partial charge on any atom is -0.299 e. The molecule has 1 fully saturated rings. The largest absolute Gasteiger partial charge is 0.416 e. The Bertz CT molecular complexity index is 978. The fraction of sp³-hybridized carbons (Fsp3) is 0.567. The molecule has 0 aliphatic carbocycles. The first-order chi connectivity index (χ1) is 16.5. The summed E-state index contributed by atoms with van der Waals surface area (Å²) in [6, 6.07) is 12.0. The summed E-state index contributed by atoms with van der Waals surface area (Å²) in [5.74, 6) is 0.907. The highest BCUT2D eigenvalue weighted by atomic mass is 19.4. The minimum atomic E-state index is -4.36. The molecule has 0 radical (unpaired) electrons. The maximum absolute atomic E-state index is 13.1. The van der Waals surface area contributed by atoms with Gasteiger partial charge in [0.25, 0.3) is 0 Å². The summed E-state index contributed by atoms with van der Waals surface area (Å²) in [7, 11) is 0. The molecule has 1 heterocycles.